The molecule has 2 N–H and O–H groups in total. The fourth-order valence-electron chi connectivity index (χ4n) is 5.31. The molecule has 2 saturated heterocycles. The first-order chi connectivity index (χ1) is 15.2. The zero-order chi connectivity index (χ0) is 21.2. The summed E-state index contributed by atoms with van der Waals surface area (Å²) < 4.78 is 0. The molecular formula is C25H36N6. The molecule has 2 aromatic rings. The van der Waals surface area contributed by atoms with Gasteiger partial charge < -0.3 is 20.1 Å². The molecule has 6 nitrogen and oxygen atoms in total. The zero-order valence-electron chi connectivity index (χ0n) is 19.0. The molecule has 2 aromatic heterocycles. The minimum atomic E-state index is 0.677. The van der Waals surface area contributed by atoms with Crippen LogP contribution < -0.4 is 10.2 Å². The van der Waals surface area contributed by atoms with E-state index in [1.807, 2.05) is 6.20 Å². The average Bonchev–Trinajstić information content (AvgIpc) is 3.09. The summed E-state index contributed by atoms with van der Waals surface area (Å²) in [5, 5.41) is 3.28. The Kier molecular flexibility index (Phi) is 6.01. The molecule has 3 aliphatic heterocycles. The van der Waals surface area contributed by atoms with Gasteiger partial charge in [-0.25, -0.2) is 4.98 Å². The molecule has 0 aliphatic carbocycles. The van der Waals surface area contributed by atoms with E-state index in [0.29, 0.717) is 6.04 Å². The summed E-state index contributed by atoms with van der Waals surface area (Å²) in [4.78, 5) is 16.4. The number of anilines is 1. The van der Waals surface area contributed by atoms with E-state index in [-0.39, 0.29) is 0 Å². The van der Waals surface area contributed by atoms with Crippen molar-refractivity contribution in [3.63, 3.8) is 0 Å². The van der Waals surface area contributed by atoms with Crippen LogP contribution in [0.15, 0.2) is 30.5 Å². The Hall–Kier alpha value is -2.31. The normalized spacial score (nSPS) is 21.2. The summed E-state index contributed by atoms with van der Waals surface area (Å²) in [7, 11) is 0. The maximum Gasteiger partial charge on any atom is 0.129 e. The maximum absolute atomic E-state index is 5.04. The van der Waals surface area contributed by atoms with E-state index in [4.69, 9.17) is 4.98 Å². The van der Waals surface area contributed by atoms with Crippen LogP contribution in [0.25, 0.3) is 17.5 Å². The number of aromatic nitrogens is 2. The lowest BCUT2D eigenvalue weighted by molar-refractivity contribution is 0.0965. The Labute approximate surface area is 186 Å². The summed E-state index contributed by atoms with van der Waals surface area (Å²) in [6.07, 6.45) is 7.94. The fourth-order valence-corrected chi connectivity index (χ4v) is 5.31. The number of aromatic amines is 1. The van der Waals surface area contributed by atoms with Crippen LogP contribution in [-0.4, -0.2) is 71.1 Å². The smallest absolute Gasteiger partial charge is 0.129 e. The number of rotatable bonds is 4. The third-order valence-corrected chi connectivity index (χ3v) is 7.20. The van der Waals surface area contributed by atoms with Crippen LogP contribution in [0.3, 0.4) is 0 Å². The first-order valence-corrected chi connectivity index (χ1v) is 12.0. The van der Waals surface area contributed by atoms with Crippen LogP contribution in [0.2, 0.25) is 0 Å². The van der Waals surface area contributed by atoms with E-state index in [1.54, 1.807) is 0 Å². The highest BCUT2D eigenvalue weighted by atomic mass is 15.3. The second-order valence-corrected chi connectivity index (χ2v) is 9.45. The topological polar surface area (TPSA) is 50.4 Å². The molecule has 2 fully saturated rings. The van der Waals surface area contributed by atoms with Gasteiger partial charge in [-0.3, -0.25) is 4.90 Å². The first-order valence-electron chi connectivity index (χ1n) is 12.0. The molecule has 0 radical (unpaired) electrons. The number of H-pyrrole nitrogens is 1. The number of pyridine rings is 1. The number of fused-ring (bicyclic) bond motifs is 1. The molecule has 0 spiro atoms. The molecule has 0 aromatic carbocycles. The van der Waals surface area contributed by atoms with Crippen molar-refractivity contribution in [3.05, 3.63) is 41.7 Å². The van der Waals surface area contributed by atoms with Crippen molar-refractivity contribution in [2.45, 2.75) is 51.7 Å². The number of nitrogens with one attached hydrogen (secondary N) is 2. The minimum Gasteiger partial charge on any atom is -0.387 e. The van der Waals surface area contributed by atoms with Gasteiger partial charge in [0.1, 0.15) is 5.82 Å². The number of piperidine rings is 1. The monoisotopic (exact) mass is 420 g/mol. The van der Waals surface area contributed by atoms with E-state index < -0.39 is 0 Å². The van der Waals surface area contributed by atoms with Gasteiger partial charge in [-0.15, -0.1) is 0 Å². The molecule has 3 aliphatic rings. The number of hydrogen-bond acceptors (Lipinski definition) is 5. The maximum atomic E-state index is 5.04. The van der Waals surface area contributed by atoms with Crippen molar-refractivity contribution < 1.29 is 0 Å². The Balaban J connectivity index is 1.24. The van der Waals surface area contributed by atoms with E-state index in [0.717, 1.165) is 49.4 Å². The Morgan fingerprint density at radius 3 is 2.71 bits per heavy atom. The predicted molar refractivity (Wildman–Crippen MR) is 128 cm³/mol. The van der Waals surface area contributed by atoms with Crippen LogP contribution >= 0.6 is 0 Å². The van der Waals surface area contributed by atoms with Crippen LogP contribution in [-0.2, 0) is 6.54 Å². The second-order valence-electron chi connectivity index (χ2n) is 9.45. The summed E-state index contributed by atoms with van der Waals surface area (Å²) >= 11 is 0. The second kappa shape index (κ2) is 9.05. The standard InChI is InChI=1S/C25H36N6/c1-19(2)29-13-8-21(9-14-29)30-11-4-12-31(16-15-30)25-6-3-5-23(28-25)24-17-20-18-26-10-7-22(20)27-24/h3,5-7,10,17,19,21,26-27H,4,8-9,11-16,18H2,1-2H3. The number of likely N-dealkylation sites (tertiary alicyclic amines) is 1. The molecule has 0 atom stereocenters. The molecule has 5 rings (SSSR count). The van der Waals surface area contributed by atoms with Gasteiger partial charge in [0.2, 0.25) is 0 Å². The molecule has 0 amide bonds. The highest BCUT2D eigenvalue weighted by Crippen LogP contribution is 2.26. The Morgan fingerprint density at radius 2 is 1.90 bits per heavy atom. The molecule has 0 saturated carbocycles. The van der Waals surface area contributed by atoms with Crippen LogP contribution in [0.4, 0.5) is 5.82 Å². The fraction of sp³-hybridized carbons (Fsp3) is 0.560. The highest BCUT2D eigenvalue weighted by molar-refractivity contribution is 5.65. The van der Waals surface area contributed by atoms with Gasteiger partial charge in [-0.1, -0.05) is 6.07 Å². The lowest BCUT2D eigenvalue weighted by Gasteiger charge is -2.39. The molecule has 0 unspecified atom stereocenters. The van der Waals surface area contributed by atoms with Crippen molar-refractivity contribution >= 4 is 11.9 Å². The van der Waals surface area contributed by atoms with Gasteiger partial charge in [-0.2, -0.15) is 0 Å². The van der Waals surface area contributed by atoms with Gasteiger partial charge in [0.15, 0.2) is 0 Å². The quantitative estimate of drug-likeness (QED) is 0.792. The highest BCUT2D eigenvalue weighted by Gasteiger charge is 2.27. The van der Waals surface area contributed by atoms with Gasteiger partial charge in [-0.05, 0) is 82.2 Å². The Morgan fingerprint density at radius 1 is 1.03 bits per heavy atom. The van der Waals surface area contributed by atoms with Gasteiger partial charge in [0, 0.05) is 50.5 Å². The molecular weight excluding hydrogens is 384 g/mol. The van der Waals surface area contributed by atoms with Crippen molar-refractivity contribution in [2.24, 2.45) is 0 Å². The van der Waals surface area contributed by atoms with Crippen LogP contribution in [0.1, 0.15) is 44.4 Å². The first kappa shape index (κ1) is 20.6. The van der Waals surface area contributed by atoms with Crippen molar-refractivity contribution in [3.8, 4) is 11.4 Å². The van der Waals surface area contributed by atoms with E-state index in [2.05, 4.69) is 69.2 Å². The van der Waals surface area contributed by atoms with Gasteiger partial charge in [0.25, 0.3) is 0 Å². The molecule has 6 heteroatoms. The molecule has 5 heterocycles. The SMILES string of the molecule is CC(C)N1CCC(N2CCCN(c3cccc(-c4cc5c([nH]4)C=CNC5)n3)CC2)CC1. The summed E-state index contributed by atoms with van der Waals surface area (Å²) in [6.45, 7) is 12.5. The third-order valence-electron chi connectivity index (χ3n) is 7.20. The largest absolute Gasteiger partial charge is 0.387 e. The molecule has 31 heavy (non-hydrogen) atoms. The van der Waals surface area contributed by atoms with Crippen LogP contribution in [0, 0.1) is 0 Å². The average molecular weight is 421 g/mol. The number of hydrogen-bond donors (Lipinski definition) is 2. The predicted octanol–water partition coefficient (Wildman–Crippen LogP) is 3.54. The zero-order valence-corrected chi connectivity index (χ0v) is 19.0. The van der Waals surface area contributed by atoms with Crippen molar-refractivity contribution in [1.29, 1.82) is 0 Å². The van der Waals surface area contributed by atoms with Crippen molar-refractivity contribution in [2.75, 3.05) is 44.2 Å². The molecule has 0 bridgehead atoms. The minimum absolute atomic E-state index is 0.677. The summed E-state index contributed by atoms with van der Waals surface area (Å²) in [6, 6.07) is 10.1. The lowest BCUT2D eigenvalue weighted by Crippen LogP contribution is -2.47. The lowest BCUT2D eigenvalue weighted by atomic mass is 10.0. The van der Waals surface area contributed by atoms with Crippen LogP contribution in [0.5, 0.6) is 0 Å². The van der Waals surface area contributed by atoms with Gasteiger partial charge in [0.05, 0.1) is 11.4 Å². The van der Waals surface area contributed by atoms with Crippen molar-refractivity contribution in [1.82, 2.24) is 25.1 Å². The van der Waals surface area contributed by atoms with Gasteiger partial charge >= 0.3 is 0 Å². The summed E-state index contributed by atoms with van der Waals surface area (Å²) in [5.74, 6) is 1.11. The van der Waals surface area contributed by atoms with E-state index in [1.165, 1.54) is 50.2 Å². The molecule has 166 valence electrons. The Bertz CT molecular complexity index is 908. The van der Waals surface area contributed by atoms with E-state index >= 15 is 0 Å². The summed E-state index contributed by atoms with van der Waals surface area (Å²) in [5.41, 5.74) is 4.63. The third kappa shape index (κ3) is 4.51. The van der Waals surface area contributed by atoms with E-state index in [9.17, 15) is 0 Å². The number of nitrogens with zero attached hydrogens (tertiary/aromatic N) is 4.